The SMILES string of the molecule is Cl.N=C(N)C1(NC(=O)c2ccc(CCCCCCCCc3ccccc3)cc2)CC1. The van der Waals surface area contributed by atoms with E-state index < -0.39 is 5.54 Å². The maximum absolute atomic E-state index is 12.3. The Balaban J connectivity index is 0.00000320. The fraction of sp³-hybridized carbons (Fsp3) is 0.440. The van der Waals surface area contributed by atoms with E-state index in [1.807, 2.05) is 24.3 Å². The normalized spacial score (nSPS) is 13.9. The number of hydrogen-bond acceptors (Lipinski definition) is 2. The van der Waals surface area contributed by atoms with Crippen molar-refractivity contribution in [3.8, 4) is 0 Å². The fourth-order valence-electron chi connectivity index (χ4n) is 3.71. The Labute approximate surface area is 186 Å². The Morgan fingerprint density at radius 2 is 1.33 bits per heavy atom. The predicted molar refractivity (Wildman–Crippen MR) is 127 cm³/mol. The van der Waals surface area contributed by atoms with Gasteiger partial charge in [0.05, 0.1) is 5.54 Å². The third-order valence-corrected chi connectivity index (χ3v) is 5.86. The molecule has 0 atom stereocenters. The summed E-state index contributed by atoms with van der Waals surface area (Å²) in [7, 11) is 0. The van der Waals surface area contributed by atoms with E-state index in [-0.39, 0.29) is 24.1 Å². The number of amides is 1. The molecule has 4 nitrogen and oxygen atoms in total. The van der Waals surface area contributed by atoms with Gasteiger partial charge in [-0.15, -0.1) is 12.4 Å². The summed E-state index contributed by atoms with van der Waals surface area (Å²) in [4.78, 5) is 12.3. The second kappa shape index (κ2) is 11.8. The molecule has 0 heterocycles. The molecule has 0 spiro atoms. The van der Waals surface area contributed by atoms with Crippen molar-refractivity contribution >= 4 is 24.1 Å². The molecule has 1 fully saturated rings. The molecule has 162 valence electrons. The summed E-state index contributed by atoms with van der Waals surface area (Å²) in [5.41, 5.74) is 8.36. The van der Waals surface area contributed by atoms with Crippen molar-refractivity contribution in [1.29, 1.82) is 5.41 Å². The third kappa shape index (κ3) is 7.17. The van der Waals surface area contributed by atoms with Crippen LogP contribution in [0.15, 0.2) is 54.6 Å². The molecular weight excluding hydrogens is 394 g/mol. The standard InChI is InChI=1S/C25H33N3O.ClH/c26-24(27)25(18-19-25)28-23(29)22-16-14-21(15-17-22)13-7-4-2-1-3-6-10-20-11-8-5-9-12-20;/h5,8-9,11-12,14-17H,1-4,6-7,10,13,18-19H2,(H3,26,27)(H,28,29);1H. The van der Waals surface area contributed by atoms with Crippen molar-refractivity contribution in [2.75, 3.05) is 0 Å². The molecule has 30 heavy (non-hydrogen) atoms. The zero-order valence-electron chi connectivity index (χ0n) is 17.7. The van der Waals surface area contributed by atoms with Gasteiger partial charge in [-0.2, -0.15) is 0 Å². The van der Waals surface area contributed by atoms with E-state index in [4.69, 9.17) is 11.1 Å². The lowest BCUT2D eigenvalue weighted by atomic mass is 10.0. The Morgan fingerprint density at radius 1 is 0.833 bits per heavy atom. The molecule has 1 aliphatic carbocycles. The number of aryl methyl sites for hydroxylation is 2. The van der Waals surface area contributed by atoms with Crippen LogP contribution in [-0.2, 0) is 12.8 Å². The van der Waals surface area contributed by atoms with Crippen molar-refractivity contribution in [1.82, 2.24) is 5.32 Å². The van der Waals surface area contributed by atoms with Gasteiger partial charge in [0, 0.05) is 5.56 Å². The first kappa shape index (κ1) is 23.9. The summed E-state index contributed by atoms with van der Waals surface area (Å²) >= 11 is 0. The van der Waals surface area contributed by atoms with Crippen LogP contribution in [0.5, 0.6) is 0 Å². The van der Waals surface area contributed by atoms with Gasteiger partial charge in [-0.25, -0.2) is 0 Å². The zero-order chi connectivity index (χ0) is 20.5. The summed E-state index contributed by atoms with van der Waals surface area (Å²) in [6.07, 6.45) is 11.4. The van der Waals surface area contributed by atoms with Crippen LogP contribution in [0.2, 0.25) is 0 Å². The first-order valence-corrected chi connectivity index (χ1v) is 10.9. The van der Waals surface area contributed by atoms with E-state index in [2.05, 4.69) is 35.6 Å². The van der Waals surface area contributed by atoms with Crippen LogP contribution >= 0.6 is 12.4 Å². The van der Waals surface area contributed by atoms with E-state index in [0.717, 1.165) is 19.3 Å². The second-order valence-corrected chi connectivity index (χ2v) is 8.25. The minimum absolute atomic E-state index is 0. The lowest BCUT2D eigenvalue weighted by Gasteiger charge is -2.15. The topological polar surface area (TPSA) is 79.0 Å². The van der Waals surface area contributed by atoms with Gasteiger partial charge in [0.25, 0.3) is 5.91 Å². The third-order valence-electron chi connectivity index (χ3n) is 5.86. The number of rotatable bonds is 12. The molecular formula is C25H34ClN3O. The number of carbonyl (C=O) groups excluding carboxylic acids is 1. The van der Waals surface area contributed by atoms with Crippen molar-refractivity contribution in [2.45, 2.75) is 69.7 Å². The van der Waals surface area contributed by atoms with E-state index >= 15 is 0 Å². The maximum atomic E-state index is 12.3. The van der Waals surface area contributed by atoms with E-state index in [0.29, 0.717) is 5.56 Å². The monoisotopic (exact) mass is 427 g/mol. The van der Waals surface area contributed by atoms with Gasteiger partial charge in [-0.1, -0.05) is 68.1 Å². The minimum Gasteiger partial charge on any atom is -0.386 e. The van der Waals surface area contributed by atoms with Gasteiger partial charge in [-0.3, -0.25) is 10.2 Å². The number of unbranched alkanes of at least 4 members (excludes halogenated alkanes) is 5. The summed E-state index contributed by atoms with van der Waals surface area (Å²) in [5.74, 6) is -0.0812. The van der Waals surface area contributed by atoms with E-state index in [1.54, 1.807) is 0 Å². The van der Waals surface area contributed by atoms with Gasteiger partial charge in [0.2, 0.25) is 0 Å². The molecule has 3 rings (SSSR count). The molecule has 5 heteroatoms. The molecule has 0 unspecified atom stereocenters. The summed E-state index contributed by atoms with van der Waals surface area (Å²) in [6, 6.07) is 18.6. The fourth-order valence-corrected chi connectivity index (χ4v) is 3.71. The quantitative estimate of drug-likeness (QED) is 0.240. The first-order valence-electron chi connectivity index (χ1n) is 10.9. The van der Waals surface area contributed by atoms with Crippen LogP contribution in [0.1, 0.15) is 72.9 Å². The summed E-state index contributed by atoms with van der Waals surface area (Å²) < 4.78 is 0. The van der Waals surface area contributed by atoms with Gasteiger partial charge in [-0.05, 0) is 61.8 Å². The molecule has 0 aromatic heterocycles. The number of hydrogen-bond donors (Lipinski definition) is 3. The lowest BCUT2D eigenvalue weighted by Crippen LogP contribution is -2.46. The molecule has 0 saturated heterocycles. The lowest BCUT2D eigenvalue weighted by molar-refractivity contribution is 0.0943. The van der Waals surface area contributed by atoms with Crippen molar-refractivity contribution < 1.29 is 4.79 Å². The van der Waals surface area contributed by atoms with Gasteiger partial charge in [0.1, 0.15) is 5.84 Å². The smallest absolute Gasteiger partial charge is 0.252 e. The van der Waals surface area contributed by atoms with Crippen molar-refractivity contribution in [3.05, 3.63) is 71.3 Å². The summed E-state index contributed by atoms with van der Waals surface area (Å²) in [5, 5.41) is 10.5. The van der Waals surface area contributed by atoms with Crippen LogP contribution in [-0.4, -0.2) is 17.3 Å². The average molecular weight is 428 g/mol. The first-order chi connectivity index (χ1) is 14.1. The Kier molecular flexibility index (Phi) is 9.38. The molecule has 1 saturated carbocycles. The molecule has 0 aliphatic heterocycles. The molecule has 4 N–H and O–H groups in total. The van der Waals surface area contributed by atoms with Crippen LogP contribution in [0.3, 0.4) is 0 Å². The number of benzene rings is 2. The Bertz CT molecular complexity index is 801. The number of carbonyl (C=O) groups is 1. The highest BCUT2D eigenvalue weighted by atomic mass is 35.5. The zero-order valence-corrected chi connectivity index (χ0v) is 18.5. The Morgan fingerprint density at radius 3 is 1.83 bits per heavy atom. The second-order valence-electron chi connectivity index (χ2n) is 8.25. The molecule has 0 bridgehead atoms. The van der Waals surface area contributed by atoms with Gasteiger partial charge < -0.3 is 11.1 Å². The molecule has 2 aromatic rings. The van der Waals surface area contributed by atoms with Gasteiger partial charge >= 0.3 is 0 Å². The predicted octanol–water partition coefficient (Wildman–Crippen LogP) is 5.43. The maximum Gasteiger partial charge on any atom is 0.252 e. The van der Waals surface area contributed by atoms with Crippen LogP contribution in [0, 0.1) is 5.41 Å². The number of nitrogens with two attached hydrogens (primary N) is 1. The Hall–Kier alpha value is -2.33. The van der Waals surface area contributed by atoms with Crippen molar-refractivity contribution in [2.24, 2.45) is 5.73 Å². The van der Waals surface area contributed by atoms with Crippen LogP contribution in [0.4, 0.5) is 0 Å². The summed E-state index contributed by atoms with van der Waals surface area (Å²) in [6.45, 7) is 0. The molecule has 0 radical (unpaired) electrons. The van der Waals surface area contributed by atoms with E-state index in [1.165, 1.54) is 56.1 Å². The van der Waals surface area contributed by atoms with Gasteiger partial charge in [0.15, 0.2) is 0 Å². The minimum atomic E-state index is -0.586. The number of nitrogens with one attached hydrogen (secondary N) is 2. The highest BCUT2D eigenvalue weighted by Gasteiger charge is 2.47. The molecule has 2 aromatic carbocycles. The highest BCUT2D eigenvalue weighted by molar-refractivity contribution is 6.01. The number of halogens is 1. The van der Waals surface area contributed by atoms with Crippen molar-refractivity contribution in [3.63, 3.8) is 0 Å². The van der Waals surface area contributed by atoms with E-state index in [9.17, 15) is 4.79 Å². The highest BCUT2D eigenvalue weighted by Crippen LogP contribution is 2.35. The molecule has 1 aliphatic rings. The van der Waals surface area contributed by atoms with Crippen LogP contribution < -0.4 is 11.1 Å². The average Bonchev–Trinajstić information content (AvgIpc) is 3.52. The molecule has 1 amide bonds. The van der Waals surface area contributed by atoms with Crippen LogP contribution in [0.25, 0.3) is 0 Å². The largest absolute Gasteiger partial charge is 0.386 e. The number of amidine groups is 1.